The number of aliphatic hydroxyl groups excluding tert-OH is 1. The van der Waals surface area contributed by atoms with Gasteiger partial charge in [0.05, 0.1) is 22.7 Å². The predicted molar refractivity (Wildman–Crippen MR) is 97.7 cm³/mol. The highest BCUT2D eigenvalue weighted by Gasteiger charge is 2.35. The molecule has 1 amide bonds. The lowest BCUT2D eigenvalue weighted by Gasteiger charge is -2.34. The van der Waals surface area contributed by atoms with Gasteiger partial charge in [0.2, 0.25) is 0 Å². The number of fused-ring (bicyclic) bond motifs is 3. The Morgan fingerprint density at radius 1 is 1.38 bits per heavy atom. The summed E-state index contributed by atoms with van der Waals surface area (Å²) >= 11 is 5.82. The van der Waals surface area contributed by atoms with Gasteiger partial charge in [0.1, 0.15) is 11.5 Å². The Bertz CT molecular complexity index is 1020. The first-order valence-electron chi connectivity index (χ1n) is 8.37. The number of hydrogen-bond donors (Lipinski definition) is 1. The second-order valence-corrected chi connectivity index (χ2v) is 6.81. The number of rotatable bonds is 3. The van der Waals surface area contributed by atoms with Crippen molar-refractivity contribution in [1.82, 2.24) is 14.5 Å². The summed E-state index contributed by atoms with van der Waals surface area (Å²) in [6.07, 6.45) is 1.66. The van der Waals surface area contributed by atoms with Crippen molar-refractivity contribution in [1.29, 1.82) is 0 Å². The van der Waals surface area contributed by atoms with Crippen molar-refractivity contribution in [3.63, 3.8) is 0 Å². The van der Waals surface area contributed by atoms with Crippen molar-refractivity contribution in [2.75, 3.05) is 13.2 Å². The fourth-order valence-electron chi connectivity index (χ4n) is 3.64. The molecule has 7 heteroatoms. The van der Waals surface area contributed by atoms with Crippen LogP contribution in [-0.4, -0.2) is 44.7 Å². The summed E-state index contributed by atoms with van der Waals surface area (Å²) in [6, 6.07) is 8.16. The second kappa shape index (κ2) is 6.37. The van der Waals surface area contributed by atoms with E-state index in [0.29, 0.717) is 28.9 Å². The van der Waals surface area contributed by atoms with Crippen molar-refractivity contribution in [2.24, 2.45) is 0 Å². The molecule has 3 heterocycles. The molecule has 0 saturated heterocycles. The molecule has 0 spiro atoms. The Morgan fingerprint density at radius 2 is 2.19 bits per heavy atom. The minimum atomic E-state index is -0.544. The highest BCUT2D eigenvalue weighted by Crippen LogP contribution is 2.38. The molecule has 0 saturated carbocycles. The molecule has 5 nitrogen and oxygen atoms in total. The Kier molecular flexibility index (Phi) is 4.17. The van der Waals surface area contributed by atoms with E-state index in [1.165, 1.54) is 12.1 Å². The molecule has 26 heavy (non-hydrogen) atoms. The van der Waals surface area contributed by atoms with Gasteiger partial charge < -0.3 is 14.6 Å². The minimum Gasteiger partial charge on any atom is -0.395 e. The third-order valence-corrected chi connectivity index (χ3v) is 5.12. The molecule has 0 aliphatic carbocycles. The number of benzene rings is 1. The van der Waals surface area contributed by atoms with Crippen molar-refractivity contribution >= 4 is 28.5 Å². The van der Waals surface area contributed by atoms with Crippen molar-refractivity contribution < 1.29 is 14.3 Å². The van der Waals surface area contributed by atoms with Crippen molar-refractivity contribution in [2.45, 2.75) is 19.5 Å². The zero-order valence-corrected chi connectivity index (χ0v) is 14.9. The van der Waals surface area contributed by atoms with E-state index in [1.807, 2.05) is 23.6 Å². The second-order valence-electron chi connectivity index (χ2n) is 6.41. The Hall–Kier alpha value is -2.44. The first kappa shape index (κ1) is 17.0. The number of nitrogens with zero attached hydrogens (tertiary/aromatic N) is 3. The number of carbonyl (C=O) groups is 1. The van der Waals surface area contributed by atoms with Gasteiger partial charge in [-0.3, -0.25) is 9.78 Å². The molecule has 1 aliphatic heterocycles. The summed E-state index contributed by atoms with van der Waals surface area (Å²) in [6.45, 7) is 2.67. The number of β-amino-alcohol motifs (C(OH)–C–C–N with tert-alkyl or cyclic N) is 1. The highest BCUT2D eigenvalue weighted by atomic mass is 35.5. The van der Waals surface area contributed by atoms with Crippen LogP contribution in [0.25, 0.3) is 22.2 Å². The van der Waals surface area contributed by atoms with E-state index in [9.17, 15) is 14.3 Å². The summed E-state index contributed by atoms with van der Waals surface area (Å²) in [5.74, 6) is -0.738. The fourth-order valence-corrected chi connectivity index (χ4v) is 3.76. The van der Waals surface area contributed by atoms with Crippen LogP contribution in [0.3, 0.4) is 0 Å². The first-order chi connectivity index (χ1) is 12.5. The summed E-state index contributed by atoms with van der Waals surface area (Å²) in [5.41, 5.74) is 3.09. The standard InChI is InChI=1S/C19H17ClFN3O2/c1-11-10-24-15-3-2-6-22-17(15)16(12-4-5-13(20)14(21)9-12)18(24)19(26)23(11)7-8-25/h2-6,9,11,25H,7-8,10H2,1H3/t11-/m1/s1. The minimum absolute atomic E-state index is 0.0287. The molecular formula is C19H17ClFN3O2. The van der Waals surface area contributed by atoms with Gasteiger partial charge in [-0.25, -0.2) is 4.39 Å². The summed E-state index contributed by atoms with van der Waals surface area (Å²) < 4.78 is 16.0. The van der Waals surface area contributed by atoms with Gasteiger partial charge in [0.15, 0.2) is 0 Å². The molecule has 1 aliphatic rings. The van der Waals surface area contributed by atoms with Crippen LogP contribution in [-0.2, 0) is 6.54 Å². The first-order valence-corrected chi connectivity index (χ1v) is 8.75. The molecule has 2 aromatic heterocycles. The van der Waals surface area contributed by atoms with Crippen LogP contribution in [0.15, 0.2) is 36.5 Å². The molecule has 1 atom stereocenters. The van der Waals surface area contributed by atoms with Crippen LogP contribution in [0.5, 0.6) is 0 Å². The molecule has 0 fully saturated rings. The number of halogens is 2. The maximum atomic E-state index is 14.1. The molecule has 0 radical (unpaired) electrons. The largest absolute Gasteiger partial charge is 0.395 e. The van der Waals surface area contributed by atoms with Crippen LogP contribution < -0.4 is 0 Å². The number of pyridine rings is 1. The summed E-state index contributed by atoms with van der Waals surface area (Å²) in [7, 11) is 0. The van der Waals surface area contributed by atoms with Gasteiger partial charge in [-0.2, -0.15) is 0 Å². The fraction of sp³-hybridized carbons (Fsp3) is 0.263. The van der Waals surface area contributed by atoms with Gasteiger partial charge >= 0.3 is 0 Å². The number of aromatic nitrogens is 2. The van der Waals surface area contributed by atoms with E-state index in [4.69, 9.17) is 11.6 Å². The van der Waals surface area contributed by atoms with Crippen LogP contribution in [0.1, 0.15) is 17.4 Å². The van der Waals surface area contributed by atoms with Crippen LogP contribution in [0.2, 0.25) is 5.02 Å². The maximum absolute atomic E-state index is 14.1. The molecule has 1 aromatic carbocycles. The van der Waals surface area contributed by atoms with E-state index < -0.39 is 5.82 Å². The van der Waals surface area contributed by atoms with Crippen LogP contribution in [0.4, 0.5) is 4.39 Å². The molecule has 0 bridgehead atoms. The third-order valence-electron chi connectivity index (χ3n) is 4.81. The van der Waals surface area contributed by atoms with E-state index in [0.717, 1.165) is 5.52 Å². The molecule has 134 valence electrons. The van der Waals surface area contributed by atoms with Crippen LogP contribution in [0, 0.1) is 5.82 Å². The lowest BCUT2D eigenvalue weighted by atomic mass is 10.0. The average molecular weight is 374 g/mol. The molecule has 0 unspecified atom stereocenters. The Labute approximate surface area is 154 Å². The number of amides is 1. The van der Waals surface area contributed by atoms with Crippen molar-refractivity contribution in [3.05, 3.63) is 53.1 Å². The summed E-state index contributed by atoms with van der Waals surface area (Å²) in [4.78, 5) is 19.3. The Balaban J connectivity index is 2.02. The number of aliphatic hydroxyl groups is 1. The van der Waals surface area contributed by atoms with E-state index in [1.54, 1.807) is 17.2 Å². The van der Waals surface area contributed by atoms with Crippen molar-refractivity contribution in [3.8, 4) is 11.1 Å². The Morgan fingerprint density at radius 3 is 2.92 bits per heavy atom. The number of carbonyl (C=O) groups excluding carboxylic acids is 1. The topological polar surface area (TPSA) is 58.4 Å². The monoisotopic (exact) mass is 373 g/mol. The normalized spacial score (nSPS) is 17.0. The lowest BCUT2D eigenvalue weighted by molar-refractivity contribution is 0.0573. The SMILES string of the molecule is C[C@@H]1Cn2c(c(-c3ccc(Cl)c(F)c3)c3ncccc32)C(=O)N1CCO. The highest BCUT2D eigenvalue weighted by molar-refractivity contribution is 6.30. The van der Waals surface area contributed by atoms with E-state index in [2.05, 4.69) is 4.98 Å². The quantitative estimate of drug-likeness (QED) is 0.766. The molecule has 4 rings (SSSR count). The smallest absolute Gasteiger partial charge is 0.271 e. The van der Waals surface area contributed by atoms with Gasteiger partial charge in [0, 0.05) is 30.9 Å². The lowest BCUT2D eigenvalue weighted by Crippen LogP contribution is -2.47. The molecule has 3 aromatic rings. The number of hydrogen-bond acceptors (Lipinski definition) is 3. The van der Waals surface area contributed by atoms with Gasteiger partial charge in [0.25, 0.3) is 5.91 Å². The van der Waals surface area contributed by atoms with Gasteiger partial charge in [-0.15, -0.1) is 0 Å². The van der Waals surface area contributed by atoms with Gasteiger partial charge in [-0.05, 0) is 36.8 Å². The zero-order chi connectivity index (χ0) is 18.4. The van der Waals surface area contributed by atoms with E-state index in [-0.39, 0.29) is 30.1 Å². The predicted octanol–water partition coefficient (Wildman–Crippen LogP) is 3.33. The summed E-state index contributed by atoms with van der Waals surface area (Å²) in [5, 5.41) is 9.35. The third kappa shape index (κ3) is 2.48. The van der Waals surface area contributed by atoms with Gasteiger partial charge in [-0.1, -0.05) is 17.7 Å². The molecular weight excluding hydrogens is 357 g/mol. The average Bonchev–Trinajstić information content (AvgIpc) is 2.96. The zero-order valence-electron chi connectivity index (χ0n) is 14.1. The van der Waals surface area contributed by atoms with E-state index >= 15 is 0 Å². The maximum Gasteiger partial charge on any atom is 0.271 e. The molecule has 1 N–H and O–H groups in total. The van der Waals surface area contributed by atoms with Crippen LogP contribution >= 0.6 is 11.6 Å².